The Labute approximate surface area is 177 Å². The van der Waals surface area contributed by atoms with Gasteiger partial charge in [0.25, 0.3) is 5.91 Å². The molecule has 0 fully saturated rings. The van der Waals surface area contributed by atoms with Crippen LogP contribution >= 0.6 is 0 Å². The van der Waals surface area contributed by atoms with Gasteiger partial charge in [-0.05, 0) is 30.4 Å². The van der Waals surface area contributed by atoms with E-state index in [1.54, 1.807) is 4.90 Å². The summed E-state index contributed by atoms with van der Waals surface area (Å²) >= 11 is 0. The maximum absolute atomic E-state index is 13.2. The summed E-state index contributed by atoms with van der Waals surface area (Å²) in [6, 6.07) is 22.8. The van der Waals surface area contributed by atoms with Crippen molar-refractivity contribution in [2.45, 2.75) is 32.9 Å². The van der Waals surface area contributed by atoms with E-state index in [-0.39, 0.29) is 18.4 Å². The molecular weight excluding hydrogens is 376 g/mol. The molecule has 0 aliphatic heterocycles. The van der Waals surface area contributed by atoms with Gasteiger partial charge in [-0.25, -0.2) is 0 Å². The van der Waals surface area contributed by atoms with Gasteiger partial charge in [0.15, 0.2) is 6.61 Å². The van der Waals surface area contributed by atoms with Crippen molar-refractivity contribution >= 4 is 22.6 Å². The van der Waals surface area contributed by atoms with Crippen LogP contribution in [-0.4, -0.2) is 35.9 Å². The van der Waals surface area contributed by atoms with E-state index in [1.807, 2.05) is 86.6 Å². The zero-order chi connectivity index (χ0) is 21.3. The van der Waals surface area contributed by atoms with Crippen molar-refractivity contribution in [1.82, 2.24) is 10.2 Å². The summed E-state index contributed by atoms with van der Waals surface area (Å²) in [5.41, 5.74) is 0.971. The Morgan fingerprint density at radius 3 is 2.37 bits per heavy atom. The van der Waals surface area contributed by atoms with Crippen LogP contribution < -0.4 is 10.1 Å². The molecule has 3 aromatic rings. The average molecular weight is 405 g/mol. The van der Waals surface area contributed by atoms with Crippen molar-refractivity contribution in [2.24, 2.45) is 0 Å². The molecule has 0 spiro atoms. The third-order valence-corrected chi connectivity index (χ3v) is 5.03. The summed E-state index contributed by atoms with van der Waals surface area (Å²) in [4.78, 5) is 27.4. The van der Waals surface area contributed by atoms with Gasteiger partial charge in [-0.1, -0.05) is 73.7 Å². The summed E-state index contributed by atoms with van der Waals surface area (Å²) in [5, 5.41) is 4.85. The number of carbonyl (C=O) groups excluding carboxylic acids is 2. The number of hydrogen-bond donors (Lipinski definition) is 1. The highest BCUT2D eigenvalue weighted by atomic mass is 16.5. The Kier molecular flexibility index (Phi) is 7.44. The summed E-state index contributed by atoms with van der Waals surface area (Å²) in [5.74, 6) is 0.298. The lowest BCUT2D eigenvalue weighted by Crippen LogP contribution is -2.50. The molecule has 0 aliphatic rings. The second-order valence-corrected chi connectivity index (χ2v) is 7.09. The first-order valence-corrected chi connectivity index (χ1v) is 10.4. The normalized spacial score (nSPS) is 11.7. The molecule has 1 unspecified atom stereocenters. The van der Waals surface area contributed by atoms with Crippen LogP contribution in [-0.2, 0) is 16.1 Å². The highest BCUT2D eigenvalue weighted by molar-refractivity contribution is 5.90. The molecule has 3 aromatic carbocycles. The fraction of sp³-hybridized carbons (Fsp3) is 0.280. The minimum absolute atomic E-state index is 0.128. The summed E-state index contributed by atoms with van der Waals surface area (Å²) in [6.45, 7) is 4.54. The summed E-state index contributed by atoms with van der Waals surface area (Å²) < 4.78 is 5.91. The monoisotopic (exact) mass is 404 g/mol. The van der Waals surface area contributed by atoms with E-state index >= 15 is 0 Å². The van der Waals surface area contributed by atoms with Crippen LogP contribution in [0.15, 0.2) is 72.8 Å². The Morgan fingerprint density at radius 1 is 0.933 bits per heavy atom. The number of hydrogen-bond acceptors (Lipinski definition) is 3. The third kappa shape index (κ3) is 5.17. The molecule has 0 saturated carbocycles. The van der Waals surface area contributed by atoms with Gasteiger partial charge >= 0.3 is 0 Å². The molecule has 156 valence electrons. The number of likely N-dealkylation sites (N-methyl/N-ethyl adjacent to an activating group) is 1. The quantitative estimate of drug-likeness (QED) is 0.583. The van der Waals surface area contributed by atoms with Crippen molar-refractivity contribution in [3.05, 3.63) is 78.4 Å². The lowest BCUT2D eigenvalue weighted by Gasteiger charge is -2.30. The largest absolute Gasteiger partial charge is 0.483 e. The molecule has 5 heteroatoms. The fourth-order valence-corrected chi connectivity index (χ4v) is 3.54. The van der Waals surface area contributed by atoms with Crippen LogP contribution in [0.5, 0.6) is 5.75 Å². The highest BCUT2D eigenvalue weighted by Gasteiger charge is 2.28. The second-order valence-electron chi connectivity index (χ2n) is 7.09. The first-order valence-electron chi connectivity index (χ1n) is 10.4. The van der Waals surface area contributed by atoms with Crippen LogP contribution in [0.3, 0.4) is 0 Å². The maximum Gasteiger partial charge on any atom is 0.261 e. The lowest BCUT2D eigenvalue weighted by atomic mass is 10.1. The van der Waals surface area contributed by atoms with Crippen molar-refractivity contribution < 1.29 is 14.3 Å². The molecule has 0 heterocycles. The molecule has 0 saturated heterocycles. The minimum atomic E-state index is -0.547. The topological polar surface area (TPSA) is 58.6 Å². The third-order valence-electron chi connectivity index (χ3n) is 5.03. The predicted octanol–water partition coefficient (Wildman–Crippen LogP) is 4.16. The zero-order valence-electron chi connectivity index (χ0n) is 17.5. The van der Waals surface area contributed by atoms with Gasteiger partial charge in [-0.2, -0.15) is 0 Å². The van der Waals surface area contributed by atoms with E-state index in [1.165, 1.54) is 0 Å². The van der Waals surface area contributed by atoms with Crippen LogP contribution in [0.1, 0.15) is 25.8 Å². The lowest BCUT2D eigenvalue weighted by molar-refractivity contribution is -0.142. The number of ether oxygens (including phenoxy) is 1. The Hall–Kier alpha value is -3.34. The average Bonchev–Trinajstić information content (AvgIpc) is 2.78. The van der Waals surface area contributed by atoms with Crippen molar-refractivity contribution in [1.29, 1.82) is 0 Å². The van der Waals surface area contributed by atoms with Crippen LogP contribution in [0, 0.1) is 0 Å². The predicted molar refractivity (Wildman–Crippen MR) is 119 cm³/mol. The molecule has 30 heavy (non-hydrogen) atoms. The Morgan fingerprint density at radius 2 is 1.63 bits per heavy atom. The number of nitrogens with one attached hydrogen (secondary N) is 1. The smallest absolute Gasteiger partial charge is 0.261 e. The summed E-state index contributed by atoms with van der Waals surface area (Å²) in [7, 11) is 0. The number of carbonyl (C=O) groups is 2. The van der Waals surface area contributed by atoms with Crippen LogP contribution in [0.2, 0.25) is 0 Å². The van der Waals surface area contributed by atoms with Gasteiger partial charge in [-0.15, -0.1) is 0 Å². The van der Waals surface area contributed by atoms with Gasteiger partial charge in [0.2, 0.25) is 5.91 Å². The van der Waals surface area contributed by atoms with Crippen LogP contribution in [0.4, 0.5) is 0 Å². The van der Waals surface area contributed by atoms with Gasteiger partial charge in [-0.3, -0.25) is 9.59 Å². The standard InChI is InChI=1S/C25H28N2O3/c1-3-22(25(29)26-4-2)27(17-19-11-6-5-7-12-19)24(28)18-30-23-16-10-14-20-13-8-9-15-21(20)23/h5-16,22H,3-4,17-18H2,1-2H3,(H,26,29). The van der Waals surface area contributed by atoms with Crippen molar-refractivity contribution in [2.75, 3.05) is 13.2 Å². The van der Waals surface area contributed by atoms with E-state index < -0.39 is 6.04 Å². The molecule has 0 radical (unpaired) electrons. The molecule has 2 amide bonds. The Balaban J connectivity index is 1.80. The number of benzene rings is 3. The van der Waals surface area contributed by atoms with E-state index in [2.05, 4.69) is 5.32 Å². The van der Waals surface area contributed by atoms with Crippen molar-refractivity contribution in [3.8, 4) is 5.75 Å². The van der Waals surface area contributed by atoms with E-state index in [9.17, 15) is 9.59 Å². The fourth-order valence-electron chi connectivity index (χ4n) is 3.54. The molecule has 3 rings (SSSR count). The molecular formula is C25H28N2O3. The molecule has 0 bridgehead atoms. The van der Waals surface area contributed by atoms with Gasteiger partial charge in [0.1, 0.15) is 11.8 Å². The first kappa shape index (κ1) is 21.4. The Bertz CT molecular complexity index is 983. The van der Waals surface area contributed by atoms with E-state index in [0.717, 1.165) is 16.3 Å². The SMILES string of the molecule is CCNC(=O)C(CC)N(Cc1ccccc1)C(=O)COc1cccc2ccccc12. The first-order chi connectivity index (χ1) is 14.6. The van der Waals surface area contributed by atoms with Gasteiger partial charge in [0, 0.05) is 18.5 Å². The second kappa shape index (κ2) is 10.4. The van der Waals surface area contributed by atoms with E-state index in [4.69, 9.17) is 4.74 Å². The number of nitrogens with zero attached hydrogens (tertiary/aromatic N) is 1. The molecule has 1 N–H and O–H groups in total. The van der Waals surface area contributed by atoms with Crippen LogP contribution in [0.25, 0.3) is 10.8 Å². The molecule has 0 aromatic heterocycles. The molecule has 0 aliphatic carbocycles. The number of rotatable bonds is 9. The van der Waals surface area contributed by atoms with Crippen molar-refractivity contribution in [3.63, 3.8) is 0 Å². The van der Waals surface area contributed by atoms with Gasteiger partial charge < -0.3 is 15.0 Å². The zero-order valence-corrected chi connectivity index (χ0v) is 17.5. The number of fused-ring (bicyclic) bond motifs is 1. The molecule has 1 atom stereocenters. The summed E-state index contributed by atoms with van der Waals surface area (Å²) in [6.07, 6.45) is 0.526. The van der Waals surface area contributed by atoms with Gasteiger partial charge in [0.05, 0.1) is 0 Å². The maximum atomic E-state index is 13.2. The number of amides is 2. The highest BCUT2D eigenvalue weighted by Crippen LogP contribution is 2.25. The van der Waals surface area contributed by atoms with E-state index in [0.29, 0.717) is 25.3 Å². The minimum Gasteiger partial charge on any atom is -0.483 e. The molecule has 5 nitrogen and oxygen atoms in total.